The van der Waals surface area contributed by atoms with Crippen LogP contribution in [0.3, 0.4) is 0 Å². The second-order valence-electron chi connectivity index (χ2n) is 3.40. The average molecular weight is 198 g/mol. The highest BCUT2D eigenvalue weighted by atomic mass is 32.1. The van der Waals surface area contributed by atoms with Crippen LogP contribution in [-0.2, 0) is 11.8 Å². The van der Waals surface area contributed by atoms with Crippen molar-refractivity contribution in [1.29, 1.82) is 0 Å². The minimum absolute atomic E-state index is 0.0342. The van der Waals surface area contributed by atoms with Gasteiger partial charge in [-0.25, -0.2) is 0 Å². The Kier molecular flexibility index (Phi) is 3.42. The Morgan fingerprint density at radius 1 is 1.69 bits per heavy atom. The number of aryl methyl sites for hydroxylation is 1. The van der Waals surface area contributed by atoms with Gasteiger partial charge in [-0.1, -0.05) is 13.8 Å². The van der Waals surface area contributed by atoms with Crippen molar-refractivity contribution in [1.82, 2.24) is 4.57 Å². The summed E-state index contributed by atoms with van der Waals surface area (Å²) in [6.45, 7) is 4.03. The van der Waals surface area contributed by atoms with Crippen LogP contribution in [-0.4, -0.2) is 10.5 Å². The molecule has 0 fully saturated rings. The quantitative estimate of drug-likeness (QED) is 0.710. The van der Waals surface area contributed by atoms with Gasteiger partial charge in [0.2, 0.25) is 5.91 Å². The highest BCUT2D eigenvalue weighted by Crippen LogP contribution is 2.00. The molecule has 0 radical (unpaired) electrons. The lowest BCUT2D eigenvalue weighted by Crippen LogP contribution is -2.13. The molecule has 1 heterocycles. The van der Waals surface area contributed by atoms with Crippen LogP contribution in [0.15, 0.2) is 16.6 Å². The molecule has 0 aliphatic rings. The maximum atomic E-state index is 11.3. The molecule has 0 spiro atoms. The third kappa shape index (κ3) is 3.14. The second kappa shape index (κ2) is 4.37. The SMILES string of the molecule is CC(C)CC(=O)N=c1sccn1C. The van der Waals surface area contributed by atoms with Gasteiger partial charge in [0, 0.05) is 25.0 Å². The van der Waals surface area contributed by atoms with Gasteiger partial charge in [0.25, 0.3) is 0 Å². The Morgan fingerprint density at radius 3 is 2.85 bits per heavy atom. The zero-order chi connectivity index (χ0) is 9.84. The summed E-state index contributed by atoms with van der Waals surface area (Å²) in [7, 11) is 1.89. The van der Waals surface area contributed by atoms with E-state index in [9.17, 15) is 4.79 Å². The van der Waals surface area contributed by atoms with E-state index in [0.717, 1.165) is 4.80 Å². The van der Waals surface area contributed by atoms with Gasteiger partial charge in [0.05, 0.1) is 0 Å². The minimum atomic E-state index is -0.0342. The predicted molar refractivity (Wildman–Crippen MR) is 53.3 cm³/mol. The summed E-state index contributed by atoms with van der Waals surface area (Å²) in [6, 6.07) is 0. The van der Waals surface area contributed by atoms with E-state index in [2.05, 4.69) is 4.99 Å². The smallest absolute Gasteiger partial charge is 0.248 e. The summed E-state index contributed by atoms with van der Waals surface area (Å²) in [5, 5.41) is 1.92. The highest BCUT2D eigenvalue weighted by molar-refractivity contribution is 7.07. The number of aromatic nitrogens is 1. The fourth-order valence-electron chi connectivity index (χ4n) is 0.936. The van der Waals surface area contributed by atoms with Gasteiger partial charge in [-0.15, -0.1) is 11.3 Å². The molecule has 0 aliphatic carbocycles. The molecule has 0 aliphatic heterocycles. The highest BCUT2D eigenvalue weighted by Gasteiger charge is 2.02. The fraction of sp³-hybridized carbons (Fsp3) is 0.556. The molecular formula is C9H14N2OS. The Morgan fingerprint density at radius 2 is 2.38 bits per heavy atom. The Hall–Kier alpha value is -0.900. The molecule has 4 heteroatoms. The number of amides is 1. The Labute approximate surface area is 81.7 Å². The molecule has 0 saturated heterocycles. The predicted octanol–water partition coefficient (Wildman–Crippen LogP) is 1.56. The van der Waals surface area contributed by atoms with Crippen molar-refractivity contribution in [2.75, 3.05) is 0 Å². The van der Waals surface area contributed by atoms with E-state index in [-0.39, 0.29) is 5.91 Å². The molecule has 1 amide bonds. The minimum Gasteiger partial charge on any atom is -0.327 e. The maximum absolute atomic E-state index is 11.3. The first-order valence-electron chi connectivity index (χ1n) is 4.27. The lowest BCUT2D eigenvalue weighted by Gasteiger charge is -1.97. The number of thiazole rings is 1. The summed E-state index contributed by atoms with van der Waals surface area (Å²) >= 11 is 1.48. The van der Waals surface area contributed by atoms with E-state index < -0.39 is 0 Å². The molecule has 0 N–H and O–H groups in total. The topological polar surface area (TPSA) is 34.4 Å². The van der Waals surface area contributed by atoms with Crippen LogP contribution in [0.25, 0.3) is 0 Å². The van der Waals surface area contributed by atoms with Gasteiger partial charge in [0.15, 0.2) is 4.80 Å². The summed E-state index contributed by atoms with van der Waals surface area (Å²) in [5.74, 6) is 0.342. The normalized spacial score (nSPS) is 12.5. The first kappa shape index (κ1) is 10.2. The molecule has 0 aromatic carbocycles. The molecular weight excluding hydrogens is 184 g/mol. The van der Waals surface area contributed by atoms with Crippen LogP contribution in [0.4, 0.5) is 0 Å². The fourth-order valence-corrected chi connectivity index (χ4v) is 1.68. The molecule has 3 nitrogen and oxygen atoms in total. The van der Waals surface area contributed by atoms with Crippen molar-refractivity contribution >= 4 is 17.2 Å². The van der Waals surface area contributed by atoms with Gasteiger partial charge in [-0.3, -0.25) is 4.79 Å². The van der Waals surface area contributed by atoms with Gasteiger partial charge >= 0.3 is 0 Å². The van der Waals surface area contributed by atoms with Gasteiger partial charge in [-0.05, 0) is 5.92 Å². The maximum Gasteiger partial charge on any atom is 0.248 e. The summed E-state index contributed by atoms with van der Waals surface area (Å²) < 4.78 is 1.85. The van der Waals surface area contributed by atoms with E-state index in [0.29, 0.717) is 12.3 Å². The van der Waals surface area contributed by atoms with Crippen LogP contribution in [0.5, 0.6) is 0 Å². The number of hydrogen-bond acceptors (Lipinski definition) is 2. The first-order chi connectivity index (χ1) is 6.09. The number of hydrogen-bond donors (Lipinski definition) is 0. The summed E-state index contributed by atoms with van der Waals surface area (Å²) in [6.07, 6.45) is 2.42. The van der Waals surface area contributed by atoms with Crippen LogP contribution >= 0.6 is 11.3 Å². The van der Waals surface area contributed by atoms with Gasteiger partial charge in [-0.2, -0.15) is 4.99 Å². The molecule has 1 rings (SSSR count). The van der Waals surface area contributed by atoms with Crippen molar-refractivity contribution in [3.8, 4) is 0 Å². The number of carbonyl (C=O) groups excluding carboxylic acids is 1. The zero-order valence-corrected chi connectivity index (χ0v) is 8.97. The van der Waals surface area contributed by atoms with Crippen LogP contribution in [0.1, 0.15) is 20.3 Å². The molecule has 72 valence electrons. The standard InChI is InChI=1S/C9H14N2OS/c1-7(2)6-8(12)10-9-11(3)4-5-13-9/h4-5,7H,6H2,1-3H3. The second-order valence-corrected chi connectivity index (χ2v) is 4.27. The largest absolute Gasteiger partial charge is 0.327 e. The van der Waals surface area contributed by atoms with Crippen molar-refractivity contribution in [2.24, 2.45) is 18.0 Å². The average Bonchev–Trinajstić information content (AvgIpc) is 2.34. The van der Waals surface area contributed by atoms with Gasteiger partial charge in [0.1, 0.15) is 0 Å². The van der Waals surface area contributed by atoms with Crippen LogP contribution < -0.4 is 4.80 Å². The molecule has 0 atom stereocenters. The number of carbonyl (C=O) groups is 1. The van der Waals surface area contributed by atoms with E-state index in [1.807, 2.05) is 37.0 Å². The lowest BCUT2D eigenvalue weighted by atomic mass is 10.1. The van der Waals surface area contributed by atoms with Crippen LogP contribution in [0.2, 0.25) is 0 Å². The summed E-state index contributed by atoms with van der Waals surface area (Å²) in [5.41, 5.74) is 0. The van der Waals surface area contributed by atoms with Crippen LogP contribution in [0, 0.1) is 5.92 Å². The van der Waals surface area contributed by atoms with E-state index in [4.69, 9.17) is 0 Å². The van der Waals surface area contributed by atoms with E-state index >= 15 is 0 Å². The molecule has 13 heavy (non-hydrogen) atoms. The Bertz CT molecular complexity index is 348. The molecule has 1 aromatic heterocycles. The zero-order valence-electron chi connectivity index (χ0n) is 8.15. The van der Waals surface area contributed by atoms with E-state index in [1.165, 1.54) is 11.3 Å². The van der Waals surface area contributed by atoms with Crippen molar-refractivity contribution < 1.29 is 4.79 Å². The molecule has 0 saturated carbocycles. The molecule has 0 bridgehead atoms. The monoisotopic (exact) mass is 198 g/mol. The first-order valence-corrected chi connectivity index (χ1v) is 5.15. The van der Waals surface area contributed by atoms with Crippen molar-refractivity contribution in [3.05, 3.63) is 16.4 Å². The van der Waals surface area contributed by atoms with Crippen molar-refractivity contribution in [3.63, 3.8) is 0 Å². The van der Waals surface area contributed by atoms with E-state index in [1.54, 1.807) is 0 Å². The number of rotatable bonds is 2. The number of nitrogens with zero attached hydrogens (tertiary/aromatic N) is 2. The summed E-state index contributed by atoms with van der Waals surface area (Å²) in [4.78, 5) is 16.1. The molecule has 0 unspecified atom stereocenters. The Balaban J connectivity index is 2.78. The lowest BCUT2D eigenvalue weighted by molar-refractivity contribution is -0.118. The van der Waals surface area contributed by atoms with Gasteiger partial charge < -0.3 is 4.57 Å². The van der Waals surface area contributed by atoms with Crippen molar-refractivity contribution in [2.45, 2.75) is 20.3 Å². The third-order valence-electron chi connectivity index (χ3n) is 1.56. The third-order valence-corrected chi connectivity index (χ3v) is 2.41. The molecule has 1 aromatic rings.